The molecule has 0 saturated carbocycles. The van der Waals surface area contributed by atoms with E-state index >= 15 is 0 Å². The molecule has 2 aromatic carbocycles. The second-order valence-electron chi connectivity index (χ2n) is 5.63. The van der Waals surface area contributed by atoms with Crippen LogP contribution in [0, 0.1) is 5.82 Å². The van der Waals surface area contributed by atoms with Gasteiger partial charge in [0, 0.05) is 12.7 Å². The van der Waals surface area contributed by atoms with Crippen LogP contribution in [0.4, 0.5) is 15.8 Å². The number of para-hydroxylation sites is 2. The molecule has 1 aliphatic heterocycles. The van der Waals surface area contributed by atoms with Crippen molar-refractivity contribution in [2.75, 3.05) is 30.4 Å². The highest BCUT2D eigenvalue weighted by molar-refractivity contribution is 5.94. The highest BCUT2D eigenvalue weighted by Crippen LogP contribution is 2.32. The fourth-order valence-electron chi connectivity index (χ4n) is 2.69. The molecule has 0 saturated heterocycles. The highest BCUT2D eigenvalue weighted by Gasteiger charge is 2.30. The fraction of sp³-hybridized carbons (Fsp3) is 0.222. The molecule has 3 rings (SSSR count). The maximum atomic E-state index is 13.2. The lowest BCUT2D eigenvalue weighted by Crippen LogP contribution is -2.50. The molecule has 25 heavy (non-hydrogen) atoms. The van der Waals surface area contributed by atoms with Gasteiger partial charge in [0.05, 0.1) is 18.8 Å². The van der Waals surface area contributed by atoms with Gasteiger partial charge < -0.3 is 20.3 Å². The van der Waals surface area contributed by atoms with E-state index in [1.807, 2.05) is 12.1 Å². The molecule has 0 unspecified atom stereocenters. The van der Waals surface area contributed by atoms with Crippen LogP contribution >= 0.6 is 0 Å². The number of halogens is 1. The van der Waals surface area contributed by atoms with Crippen molar-refractivity contribution in [3.8, 4) is 5.75 Å². The van der Waals surface area contributed by atoms with Gasteiger partial charge in [0.15, 0.2) is 6.10 Å². The van der Waals surface area contributed by atoms with Gasteiger partial charge in [-0.05, 0) is 30.3 Å². The summed E-state index contributed by atoms with van der Waals surface area (Å²) >= 11 is 0. The Bertz CT molecular complexity index is 797. The first kappa shape index (κ1) is 16.8. The van der Waals surface area contributed by atoms with Gasteiger partial charge in [0.2, 0.25) is 5.91 Å². The summed E-state index contributed by atoms with van der Waals surface area (Å²) in [6.45, 7) is 0.262. The number of benzene rings is 2. The minimum absolute atomic E-state index is 0.0182. The minimum atomic E-state index is -0.707. The van der Waals surface area contributed by atoms with Crippen LogP contribution in [0.5, 0.6) is 5.75 Å². The quantitative estimate of drug-likeness (QED) is 0.888. The van der Waals surface area contributed by atoms with E-state index in [0.717, 1.165) is 5.69 Å². The van der Waals surface area contributed by atoms with Crippen molar-refractivity contribution in [2.24, 2.45) is 0 Å². The number of fused-ring (bicyclic) bond motifs is 1. The van der Waals surface area contributed by atoms with Gasteiger partial charge in [-0.3, -0.25) is 9.59 Å². The molecule has 2 N–H and O–H groups in total. The summed E-state index contributed by atoms with van der Waals surface area (Å²) in [4.78, 5) is 26.0. The van der Waals surface area contributed by atoms with Gasteiger partial charge in [-0.15, -0.1) is 0 Å². The third-order valence-electron chi connectivity index (χ3n) is 3.84. The highest BCUT2D eigenvalue weighted by atomic mass is 19.1. The fourth-order valence-corrected chi connectivity index (χ4v) is 2.69. The Morgan fingerprint density at radius 1 is 1.24 bits per heavy atom. The van der Waals surface area contributed by atoms with Gasteiger partial charge in [-0.2, -0.15) is 0 Å². The maximum absolute atomic E-state index is 13.2. The van der Waals surface area contributed by atoms with Crippen molar-refractivity contribution < 1.29 is 18.7 Å². The number of carbonyl (C=O) groups excluding carboxylic acids is 2. The number of nitrogens with zero attached hydrogens (tertiary/aromatic N) is 1. The minimum Gasteiger partial charge on any atom is -0.477 e. The smallest absolute Gasteiger partial charge is 0.262 e. The zero-order chi connectivity index (χ0) is 17.8. The van der Waals surface area contributed by atoms with E-state index in [1.165, 1.54) is 25.2 Å². The molecular formula is C18H18FN3O3. The number of rotatable bonds is 4. The van der Waals surface area contributed by atoms with Crippen LogP contribution in [0.25, 0.3) is 0 Å². The molecule has 130 valence electrons. The zero-order valence-corrected chi connectivity index (χ0v) is 13.7. The molecule has 0 bridgehead atoms. The Hall–Kier alpha value is -3.09. The molecule has 1 atom stereocenters. The average molecular weight is 343 g/mol. The SMILES string of the molecule is CNC(=O)[C@H]1CN(CC(=O)Nc2cccc(F)c2)c2ccccc2O1. The summed E-state index contributed by atoms with van der Waals surface area (Å²) in [6, 6.07) is 12.9. The van der Waals surface area contributed by atoms with E-state index in [4.69, 9.17) is 4.74 Å². The third kappa shape index (κ3) is 3.88. The van der Waals surface area contributed by atoms with Crippen LogP contribution in [0.1, 0.15) is 0 Å². The first-order valence-corrected chi connectivity index (χ1v) is 7.84. The van der Waals surface area contributed by atoms with Crippen LogP contribution in [-0.2, 0) is 9.59 Å². The topological polar surface area (TPSA) is 70.7 Å². The van der Waals surface area contributed by atoms with Gasteiger partial charge in [0.1, 0.15) is 11.6 Å². The van der Waals surface area contributed by atoms with Crippen molar-refractivity contribution in [3.05, 3.63) is 54.3 Å². The van der Waals surface area contributed by atoms with Crippen molar-refractivity contribution >= 4 is 23.2 Å². The summed E-state index contributed by atoms with van der Waals surface area (Å²) in [6.07, 6.45) is -0.707. The molecule has 0 aromatic heterocycles. The van der Waals surface area contributed by atoms with Gasteiger partial charge in [-0.25, -0.2) is 4.39 Å². The lowest BCUT2D eigenvalue weighted by molar-refractivity contribution is -0.127. The van der Waals surface area contributed by atoms with Crippen LogP contribution in [-0.4, -0.2) is 38.1 Å². The Kier molecular flexibility index (Phi) is 4.83. The molecule has 0 radical (unpaired) electrons. The van der Waals surface area contributed by atoms with E-state index in [9.17, 15) is 14.0 Å². The van der Waals surface area contributed by atoms with Crippen LogP contribution in [0.3, 0.4) is 0 Å². The number of anilines is 2. The molecule has 0 spiro atoms. The van der Waals surface area contributed by atoms with E-state index in [2.05, 4.69) is 10.6 Å². The first-order chi connectivity index (χ1) is 12.1. The second kappa shape index (κ2) is 7.21. The molecule has 7 heteroatoms. The summed E-state index contributed by atoms with van der Waals surface area (Å²) in [5, 5.41) is 5.21. The molecule has 1 aliphatic rings. The number of amides is 2. The number of hydrogen-bond donors (Lipinski definition) is 2. The molecular weight excluding hydrogens is 325 g/mol. The van der Waals surface area contributed by atoms with E-state index in [1.54, 1.807) is 23.1 Å². The predicted molar refractivity (Wildman–Crippen MR) is 92.2 cm³/mol. The van der Waals surface area contributed by atoms with E-state index in [0.29, 0.717) is 11.4 Å². The van der Waals surface area contributed by atoms with Crippen LogP contribution < -0.4 is 20.3 Å². The standard InChI is InChI=1S/C18H18FN3O3/c1-20-18(24)16-10-22(14-7-2-3-8-15(14)25-16)11-17(23)21-13-6-4-5-12(19)9-13/h2-9,16H,10-11H2,1H3,(H,20,24)(H,21,23)/t16-/m1/s1. The monoisotopic (exact) mass is 343 g/mol. The predicted octanol–water partition coefficient (Wildman–Crippen LogP) is 1.78. The van der Waals surface area contributed by atoms with Crippen molar-refractivity contribution in [2.45, 2.75) is 6.10 Å². The van der Waals surface area contributed by atoms with Gasteiger partial charge in [0.25, 0.3) is 5.91 Å². The number of nitrogens with one attached hydrogen (secondary N) is 2. The molecule has 0 fully saturated rings. The van der Waals surface area contributed by atoms with Gasteiger partial charge in [-0.1, -0.05) is 18.2 Å². The largest absolute Gasteiger partial charge is 0.477 e. The first-order valence-electron chi connectivity index (χ1n) is 7.84. The summed E-state index contributed by atoms with van der Waals surface area (Å²) < 4.78 is 18.9. The molecule has 2 amide bonds. The van der Waals surface area contributed by atoms with E-state index < -0.39 is 11.9 Å². The lowest BCUT2D eigenvalue weighted by atomic mass is 10.1. The molecule has 2 aromatic rings. The van der Waals surface area contributed by atoms with Gasteiger partial charge >= 0.3 is 0 Å². The maximum Gasteiger partial charge on any atom is 0.262 e. The number of ether oxygens (including phenoxy) is 1. The van der Waals surface area contributed by atoms with E-state index in [-0.39, 0.29) is 24.9 Å². The lowest BCUT2D eigenvalue weighted by Gasteiger charge is -2.34. The van der Waals surface area contributed by atoms with Crippen molar-refractivity contribution in [1.29, 1.82) is 0 Å². The summed E-state index contributed by atoms with van der Waals surface area (Å²) in [5.74, 6) is -0.446. The Balaban J connectivity index is 1.75. The second-order valence-corrected chi connectivity index (χ2v) is 5.63. The van der Waals surface area contributed by atoms with Crippen molar-refractivity contribution in [1.82, 2.24) is 5.32 Å². The third-order valence-corrected chi connectivity index (χ3v) is 3.84. The molecule has 0 aliphatic carbocycles. The molecule has 6 nitrogen and oxygen atoms in total. The Morgan fingerprint density at radius 2 is 2.04 bits per heavy atom. The Morgan fingerprint density at radius 3 is 2.80 bits per heavy atom. The zero-order valence-electron chi connectivity index (χ0n) is 13.7. The van der Waals surface area contributed by atoms with Crippen molar-refractivity contribution in [3.63, 3.8) is 0 Å². The number of likely N-dealkylation sites (N-methyl/N-ethyl adjacent to an activating group) is 1. The normalized spacial score (nSPS) is 15.8. The summed E-state index contributed by atoms with van der Waals surface area (Å²) in [5.41, 5.74) is 1.12. The molecule has 1 heterocycles. The van der Waals surface area contributed by atoms with Crippen LogP contribution in [0.2, 0.25) is 0 Å². The Labute approximate surface area is 144 Å². The van der Waals surface area contributed by atoms with Crippen LogP contribution in [0.15, 0.2) is 48.5 Å². The summed E-state index contributed by atoms with van der Waals surface area (Å²) in [7, 11) is 1.53. The number of carbonyl (C=O) groups is 2. The number of hydrogen-bond acceptors (Lipinski definition) is 4. The average Bonchev–Trinajstić information content (AvgIpc) is 2.60.